The molecule has 5 rings (SSSR count). The Balaban J connectivity index is 1.50. The number of morpholine rings is 1. The molecule has 1 fully saturated rings. The van der Waals surface area contributed by atoms with Gasteiger partial charge in [-0.15, -0.1) is 11.3 Å². The van der Waals surface area contributed by atoms with Gasteiger partial charge in [0.1, 0.15) is 4.83 Å². The van der Waals surface area contributed by atoms with Crippen molar-refractivity contribution >= 4 is 38.4 Å². The number of amides is 1. The van der Waals surface area contributed by atoms with Crippen LogP contribution in [0.25, 0.3) is 32.4 Å². The highest BCUT2D eigenvalue weighted by molar-refractivity contribution is 7.20. The van der Waals surface area contributed by atoms with Crippen molar-refractivity contribution in [3.63, 3.8) is 0 Å². The molecule has 0 unspecified atom stereocenters. The predicted molar refractivity (Wildman–Crippen MR) is 107 cm³/mol. The van der Waals surface area contributed by atoms with Crippen LogP contribution in [0.1, 0.15) is 9.67 Å². The first kappa shape index (κ1) is 16.4. The minimum atomic E-state index is 0.0691. The summed E-state index contributed by atoms with van der Waals surface area (Å²) in [6.07, 6.45) is 1.80. The molecular weight excluding hydrogens is 358 g/mol. The SMILES string of the molecule is O=C(c1cc2ccc(-c3ccc4ncccc4c3)nc2s1)N1CCOCC1. The Labute approximate surface area is 160 Å². The van der Waals surface area contributed by atoms with Crippen LogP contribution in [0.3, 0.4) is 0 Å². The smallest absolute Gasteiger partial charge is 0.264 e. The van der Waals surface area contributed by atoms with Gasteiger partial charge in [0.15, 0.2) is 0 Å². The van der Waals surface area contributed by atoms with Gasteiger partial charge in [-0.2, -0.15) is 0 Å². The first-order valence-electron chi connectivity index (χ1n) is 8.91. The Hall–Kier alpha value is -2.83. The molecule has 134 valence electrons. The van der Waals surface area contributed by atoms with Crippen molar-refractivity contribution < 1.29 is 9.53 Å². The van der Waals surface area contributed by atoms with Crippen molar-refractivity contribution in [1.82, 2.24) is 14.9 Å². The fourth-order valence-corrected chi connectivity index (χ4v) is 4.34. The number of benzene rings is 1. The summed E-state index contributed by atoms with van der Waals surface area (Å²) in [6.45, 7) is 2.51. The summed E-state index contributed by atoms with van der Waals surface area (Å²) >= 11 is 1.46. The molecule has 4 aromatic rings. The maximum absolute atomic E-state index is 12.7. The van der Waals surface area contributed by atoms with E-state index in [1.807, 2.05) is 41.3 Å². The minimum Gasteiger partial charge on any atom is -0.378 e. The van der Waals surface area contributed by atoms with Crippen molar-refractivity contribution in [1.29, 1.82) is 0 Å². The summed E-state index contributed by atoms with van der Waals surface area (Å²) in [5, 5.41) is 2.09. The van der Waals surface area contributed by atoms with E-state index in [9.17, 15) is 4.79 Å². The summed E-state index contributed by atoms with van der Waals surface area (Å²) < 4.78 is 5.33. The first-order chi connectivity index (χ1) is 13.3. The number of rotatable bonds is 2. The van der Waals surface area contributed by atoms with Crippen LogP contribution in [0.4, 0.5) is 0 Å². The van der Waals surface area contributed by atoms with E-state index in [2.05, 4.69) is 17.1 Å². The van der Waals surface area contributed by atoms with E-state index < -0.39 is 0 Å². The lowest BCUT2D eigenvalue weighted by Gasteiger charge is -2.26. The lowest BCUT2D eigenvalue weighted by molar-refractivity contribution is 0.0306. The van der Waals surface area contributed by atoms with E-state index in [1.54, 1.807) is 6.20 Å². The monoisotopic (exact) mass is 375 g/mol. The van der Waals surface area contributed by atoms with Crippen molar-refractivity contribution in [2.75, 3.05) is 26.3 Å². The summed E-state index contributed by atoms with van der Waals surface area (Å²) in [4.78, 5) is 25.4. The quantitative estimate of drug-likeness (QED) is 0.532. The van der Waals surface area contributed by atoms with Crippen LogP contribution in [0, 0.1) is 0 Å². The van der Waals surface area contributed by atoms with Crippen LogP contribution in [0.15, 0.2) is 54.7 Å². The molecule has 0 spiro atoms. The van der Waals surface area contributed by atoms with Crippen LogP contribution in [0.5, 0.6) is 0 Å². The first-order valence-corrected chi connectivity index (χ1v) is 9.72. The molecule has 4 heterocycles. The average Bonchev–Trinajstić information content (AvgIpc) is 3.17. The van der Waals surface area contributed by atoms with Crippen LogP contribution in [-0.4, -0.2) is 47.1 Å². The van der Waals surface area contributed by atoms with Gasteiger partial charge in [0.05, 0.1) is 29.3 Å². The van der Waals surface area contributed by atoms with Gasteiger partial charge in [-0.3, -0.25) is 9.78 Å². The van der Waals surface area contributed by atoms with Gasteiger partial charge >= 0.3 is 0 Å². The topological polar surface area (TPSA) is 55.3 Å². The van der Waals surface area contributed by atoms with Crippen molar-refractivity contribution in [2.24, 2.45) is 0 Å². The van der Waals surface area contributed by atoms with Gasteiger partial charge in [-0.05, 0) is 36.4 Å². The second kappa shape index (κ2) is 6.72. The maximum Gasteiger partial charge on any atom is 0.264 e. The van der Waals surface area contributed by atoms with Crippen molar-refractivity contribution in [3.05, 3.63) is 59.6 Å². The van der Waals surface area contributed by atoms with Crippen molar-refractivity contribution in [2.45, 2.75) is 0 Å². The van der Waals surface area contributed by atoms with E-state index in [4.69, 9.17) is 9.72 Å². The largest absolute Gasteiger partial charge is 0.378 e. The molecule has 0 radical (unpaired) electrons. The van der Waals surface area contributed by atoms with Crippen LogP contribution < -0.4 is 0 Å². The van der Waals surface area contributed by atoms with Gasteiger partial charge in [0.2, 0.25) is 0 Å². The molecule has 1 aliphatic heterocycles. The van der Waals surface area contributed by atoms with E-state index in [1.165, 1.54) is 11.3 Å². The lowest BCUT2D eigenvalue weighted by Crippen LogP contribution is -2.40. The number of pyridine rings is 2. The molecular formula is C21H17N3O2S. The van der Waals surface area contributed by atoms with E-state index in [-0.39, 0.29) is 5.91 Å². The molecule has 1 saturated heterocycles. The molecule has 0 saturated carbocycles. The van der Waals surface area contributed by atoms with Gasteiger partial charge in [-0.25, -0.2) is 4.98 Å². The second-order valence-electron chi connectivity index (χ2n) is 6.52. The second-order valence-corrected chi connectivity index (χ2v) is 7.55. The number of fused-ring (bicyclic) bond motifs is 2. The molecule has 1 aliphatic rings. The highest BCUT2D eigenvalue weighted by atomic mass is 32.1. The fraction of sp³-hybridized carbons (Fsp3) is 0.190. The third-order valence-corrected chi connectivity index (χ3v) is 5.82. The highest BCUT2D eigenvalue weighted by Crippen LogP contribution is 2.29. The molecule has 0 aliphatic carbocycles. The zero-order valence-electron chi connectivity index (χ0n) is 14.6. The molecule has 1 amide bonds. The van der Waals surface area contributed by atoms with Gasteiger partial charge in [0, 0.05) is 35.6 Å². The Morgan fingerprint density at radius 1 is 1.04 bits per heavy atom. The van der Waals surface area contributed by atoms with E-state index in [0.29, 0.717) is 26.3 Å². The number of carbonyl (C=O) groups excluding carboxylic acids is 1. The molecule has 6 heteroatoms. The summed E-state index contributed by atoms with van der Waals surface area (Å²) in [5.41, 5.74) is 2.92. The van der Waals surface area contributed by atoms with Crippen molar-refractivity contribution in [3.8, 4) is 11.3 Å². The Kier molecular flexibility index (Phi) is 4.07. The van der Waals surface area contributed by atoms with Crippen LogP contribution in [-0.2, 0) is 4.74 Å². The third kappa shape index (κ3) is 3.07. The molecule has 3 aromatic heterocycles. The summed E-state index contributed by atoms with van der Waals surface area (Å²) in [6, 6.07) is 16.1. The molecule has 1 aromatic carbocycles. The zero-order valence-corrected chi connectivity index (χ0v) is 15.4. The molecule has 0 bridgehead atoms. The Morgan fingerprint density at radius 3 is 2.81 bits per heavy atom. The minimum absolute atomic E-state index is 0.0691. The van der Waals surface area contributed by atoms with Crippen LogP contribution >= 0.6 is 11.3 Å². The molecule has 0 N–H and O–H groups in total. The standard InChI is InChI=1S/C21H17N3O2S/c25-21(24-8-10-26-11-9-24)19-13-16-4-6-18(23-20(16)27-19)15-3-5-17-14(12-15)2-1-7-22-17/h1-7,12-13H,8-11H2. The van der Waals surface area contributed by atoms with E-state index in [0.717, 1.165) is 37.3 Å². The normalized spacial score (nSPS) is 14.7. The summed E-state index contributed by atoms with van der Waals surface area (Å²) in [7, 11) is 0. The predicted octanol–water partition coefficient (Wildman–Crippen LogP) is 3.98. The van der Waals surface area contributed by atoms with Gasteiger partial charge in [0.25, 0.3) is 5.91 Å². The van der Waals surface area contributed by atoms with Gasteiger partial charge in [-0.1, -0.05) is 12.1 Å². The van der Waals surface area contributed by atoms with Crippen LogP contribution in [0.2, 0.25) is 0 Å². The third-order valence-electron chi connectivity index (χ3n) is 4.79. The number of hydrogen-bond donors (Lipinski definition) is 0. The molecule has 0 atom stereocenters. The molecule has 5 nitrogen and oxygen atoms in total. The fourth-order valence-electron chi connectivity index (χ4n) is 3.34. The summed E-state index contributed by atoms with van der Waals surface area (Å²) in [5.74, 6) is 0.0691. The average molecular weight is 375 g/mol. The highest BCUT2D eigenvalue weighted by Gasteiger charge is 2.20. The van der Waals surface area contributed by atoms with Gasteiger partial charge < -0.3 is 9.64 Å². The Bertz CT molecular complexity index is 1150. The molecule has 27 heavy (non-hydrogen) atoms. The van der Waals surface area contributed by atoms with E-state index >= 15 is 0 Å². The number of hydrogen-bond acceptors (Lipinski definition) is 5. The maximum atomic E-state index is 12.7. The lowest BCUT2D eigenvalue weighted by atomic mass is 10.1. The number of carbonyl (C=O) groups is 1. The number of ether oxygens (including phenoxy) is 1. The number of nitrogens with zero attached hydrogens (tertiary/aromatic N) is 3. The zero-order chi connectivity index (χ0) is 18.2. The number of aromatic nitrogens is 2. The Morgan fingerprint density at radius 2 is 1.93 bits per heavy atom. The number of thiophene rings is 1.